The summed E-state index contributed by atoms with van der Waals surface area (Å²) in [6, 6.07) is -0.303. The van der Waals surface area contributed by atoms with Gasteiger partial charge in [-0.05, 0) is 26.2 Å². The molecule has 6 nitrogen and oxygen atoms in total. The summed E-state index contributed by atoms with van der Waals surface area (Å²) in [6.45, 7) is 2.37. The third-order valence-corrected chi connectivity index (χ3v) is 4.10. The lowest BCUT2D eigenvalue weighted by Crippen LogP contribution is -2.40. The number of carboxylic acid groups (broad SMARTS) is 1. The molecule has 1 aromatic heterocycles. The maximum absolute atomic E-state index is 11.7. The van der Waals surface area contributed by atoms with E-state index in [9.17, 15) is 9.59 Å². The highest BCUT2D eigenvalue weighted by Gasteiger charge is 2.30. The standard InChI is InChI=1S/C12H17N3O3S/c1-7-5-13-10(19-7)6-14-12(18)15-9-3-2-8(4-9)11(16)17/h5,8-9H,2-4,6H2,1H3,(H,16,17)(H2,14,15,18)/t8-,9+/m1/s1. The minimum atomic E-state index is -0.775. The van der Waals surface area contributed by atoms with E-state index in [-0.39, 0.29) is 18.0 Å². The van der Waals surface area contributed by atoms with E-state index in [4.69, 9.17) is 5.11 Å². The van der Waals surface area contributed by atoms with E-state index in [1.54, 1.807) is 17.5 Å². The van der Waals surface area contributed by atoms with Gasteiger partial charge in [-0.25, -0.2) is 9.78 Å². The Bertz CT molecular complexity index is 475. The zero-order valence-corrected chi connectivity index (χ0v) is 11.5. The number of hydrogen-bond acceptors (Lipinski definition) is 4. The summed E-state index contributed by atoms with van der Waals surface area (Å²) in [5.41, 5.74) is 0. The van der Waals surface area contributed by atoms with Gasteiger partial charge in [0, 0.05) is 17.1 Å². The highest BCUT2D eigenvalue weighted by Crippen LogP contribution is 2.25. The second-order valence-corrected chi connectivity index (χ2v) is 6.06. The molecule has 0 spiro atoms. The average molecular weight is 283 g/mol. The molecule has 1 aliphatic carbocycles. The van der Waals surface area contributed by atoms with E-state index in [0.29, 0.717) is 19.4 Å². The quantitative estimate of drug-likeness (QED) is 0.781. The summed E-state index contributed by atoms with van der Waals surface area (Å²) in [5.74, 6) is -1.10. The molecule has 1 aromatic rings. The molecule has 1 saturated carbocycles. The largest absolute Gasteiger partial charge is 0.481 e. The molecule has 1 heterocycles. The second kappa shape index (κ2) is 6.01. The number of nitrogens with one attached hydrogen (secondary N) is 2. The van der Waals surface area contributed by atoms with Gasteiger partial charge in [-0.3, -0.25) is 4.79 Å². The van der Waals surface area contributed by atoms with Crippen LogP contribution in [0.5, 0.6) is 0 Å². The first-order chi connectivity index (χ1) is 9.04. The molecule has 2 atom stereocenters. The van der Waals surface area contributed by atoms with Crippen LogP contribution in [0, 0.1) is 12.8 Å². The van der Waals surface area contributed by atoms with Gasteiger partial charge in [0.25, 0.3) is 0 Å². The van der Waals surface area contributed by atoms with Crippen LogP contribution in [0.15, 0.2) is 6.20 Å². The summed E-state index contributed by atoms with van der Waals surface area (Å²) >= 11 is 1.55. The van der Waals surface area contributed by atoms with Gasteiger partial charge in [0.2, 0.25) is 0 Å². The fourth-order valence-electron chi connectivity index (χ4n) is 2.21. The Morgan fingerprint density at radius 1 is 1.53 bits per heavy atom. The first kappa shape index (κ1) is 13.8. The van der Waals surface area contributed by atoms with Crippen LogP contribution in [0.1, 0.15) is 29.1 Å². The Labute approximate surface area is 115 Å². The number of urea groups is 1. The summed E-state index contributed by atoms with van der Waals surface area (Å²) in [5, 5.41) is 15.3. The minimum Gasteiger partial charge on any atom is -0.481 e. The van der Waals surface area contributed by atoms with Gasteiger partial charge in [0.1, 0.15) is 5.01 Å². The summed E-state index contributed by atoms with van der Waals surface area (Å²) in [7, 11) is 0. The fraction of sp³-hybridized carbons (Fsp3) is 0.583. The number of aryl methyl sites for hydroxylation is 1. The van der Waals surface area contributed by atoms with E-state index in [0.717, 1.165) is 16.3 Å². The van der Waals surface area contributed by atoms with Crippen molar-refractivity contribution in [1.29, 1.82) is 0 Å². The van der Waals surface area contributed by atoms with Crippen molar-refractivity contribution < 1.29 is 14.7 Å². The second-order valence-electron chi connectivity index (χ2n) is 4.74. The number of carboxylic acids is 1. The van der Waals surface area contributed by atoms with Crippen molar-refractivity contribution in [2.24, 2.45) is 5.92 Å². The molecule has 0 aromatic carbocycles. The molecule has 2 rings (SSSR count). The molecule has 1 fully saturated rings. The number of nitrogens with zero attached hydrogens (tertiary/aromatic N) is 1. The molecule has 2 amide bonds. The summed E-state index contributed by atoms with van der Waals surface area (Å²) in [6.07, 6.45) is 3.64. The van der Waals surface area contributed by atoms with Gasteiger partial charge in [0.05, 0.1) is 12.5 Å². The lowest BCUT2D eigenvalue weighted by atomic mass is 10.1. The van der Waals surface area contributed by atoms with Gasteiger partial charge in [0.15, 0.2) is 0 Å². The maximum Gasteiger partial charge on any atom is 0.315 e. The number of thiazole rings is 1. The van der Waals surface area contributed by atoms with E-state index in [2.05, 4.69) is 15.6 Å². The van der Waals surface area contributed by atoms with Crippen LogP contribution in [-0.4, -0.2) is 28.1 Å². The van der Waals surface area contributed by atoms with Gasteiger partial charge in [-0.1, -0.05) is 0 Å². The number of rotatable bonds is 4. The van der Waals surface area contributed by atoms with Crippen molar-refractivity contribution in [3.63, 3.8) is 0 Å². The maximum atomic E-state index is 11.7. The predicted octanol–water partition coefficient (Wildman–Crippen LogP) is 1.50. The summed E-state index contributed by atoms with van der Waals surface area (Å²) < 4.78 is 0. The highest BCUT2D eigenvalue weighted by atomic mass is 32.1. The number of hydrogen-bond donors (Lipinski definition) is 3. The van der Waals surface area contributed by atoms with Gasteiger partial charge in [-0.15, -0.1) is 11.3 Å². The van der Waals surface area contributed by atoms with Crippen LogP contribution in [0.25, 0.3) is 0 Å². The van der Waals surface area contributed by atoms with Crippen molar-refractivity contribution >= 4 is 23.3 Å². The Morgan fingerprint density at radius 3 is 2.89 bits per heavy atom. The number of aromatic nitrogens is 1. The number of carbonyl (C=O) groups is 2. The molecule has 1 aliphatic rings. The van der Waals surface area contributed by atoms with Crippen LogP contribution >= 0.6 is 11.3 Å². The molecule has 104 valence electrons. The zero-order valence-electron chi connectivity index (χ0n) is 10.7. The Balaban J connectivity index is 1.72. The topological polar surface area (TPSA) is 91.3 Å². The molecular weight excluding hydrogens is 266 g/mol. The van der Waals surface area contributed by atoms with Gasteiger partial charge < -0.3 is 15.7 Å². The first-order valence-electron chi connectivity index (χ1n) is 6.23. The molecule has 0 saturated heterocycles. The van der Waals surface area contributed by atoms with E-state index >= 15 is 0 Å². The fourth-order valence-corrected chi connectivity index (χ4v) is 2.94. The zero-order chi connectivity index (χ0) is 13.8. The first-order valence-corrected chi connectivity index (χ1v) is 7.04. The summed E-state index contributed by atoms with van der Waals surface area (Å²) in [4.78, 5) is 27.7. The van der Waals surface area contributed by atoms with E-state index in [1.165, 1.54) is 0 Å². The van der Waals surface area contributed by atoms with E-state index < -0.39 is 5.97 Å². The molecule has 0 aliphatic heterocycles. The van der Waals surface area contributed by atoms with Gasteiger partial charge >= 0.3 is 12.0 Å². The van der Waals surface area contributed by atoms with Crippen molar-refractivity contribution in [2.75, 3.05) is 0 Å². The average Bonchev–Trinajstić information content (AvgIpc) is 2.96. The molecule has 3 N–H and O–H groups in total. The van der Waals surface area contributed by atoms with Crippen LogP contribution in [0.3, 0.4) is 0 Å². The molecule has 19 heavy (non-hydrogen) atoms. The van der Waals surface area contributed by atoms with Crippen LogP contribution in [-0.2, 0) is 11.3 Å². The van der Waals surface area contributed by atoms with Crippen molar-refractivity contribution in [3.8, 4) is 0 Å². The predicted molar refractivity (Wildman–Crippen MR) is 71.0 cm³/mol. The lowest BCUT2D eigenvalue weighted by molar-refractivity contribution is -0.141. The van der Waals surface area contributed by atoms with Crippen LogP contribution in [0.4, 0.5) is 4.79 Å². The highest BCUT2D eigenvalue weighted by molar-refractivity contribution is 7.11. The third-order valence-electron chi connectivity index (χ3n) is 3.19. The molecule has 7 heteroatoms. The SMILES string of the molecule is Cc1cnc(CNC(=O)N[C@H]2CC[C@@H](C(=O)O)C2)s1. The monoisotopic (exact) mass is 283 g/mol. The number of amides is 2. The van der Waals surface area contributed by atoms with Crippen molar-refractivity contribution in [2.45, 2.75) is 38.8 Å². The normalized spacial score (nSPS) is 22.2. The number of carbonyl (C=O) groups excluding carboxylic acids is 1. The molecular formula is C12H17N3O3S. The minimum absolute atomic E-state index is 0.0425. The van der Waals surface area contributed by atoms with E-state index in [1.807, 2.05) is 6.92 Å². The Morgan fingerprint density at radius 2 is 2.32 bits per heavy atom. The van der Waals surface area contributed by atoms with Crippen LogP contribution in [0.2, 0.25) is 0 Å². The molecule has 0 bridgehead atoms. The van der Waals surface area contributed by atoms with Gasteiger partial charge in [-0.2, -0.15) is 0 Å². The molecule has 0 unspecified atom stereocenters. The third kappa shape index (κ3) is 3.92. The Kier molecular flexibility index (Phi) is 4.36. The van der Waals surface area contributed by atoms with Crippen LogP contribution < -0.4 is 10.6 Å². The van der Waals surface area contributed by atoms with Crippen molar-refractivity contribution in [3.05, 3.63) is 16.1 Å². The lowest BCUT2D eigenvalue weighted by Gasteiger charge is -2.12. The Hall–Kier alpha value is -1.63. The number of aliphatic carboxylic acids is 1. The molecule has 0 radical (unpaired) electrons. The van der Waals surface area contributed by atoms with Crippen molar-refractivity contribution in [1.82, 2.24) is 15.6 Å². The smallest absolute Gasteiger partial charge is 0.315 e.